The number of amides is 1. The molecular formula is C19H20FN3O5S. The van der Waals surface area contributed by atoms with Gasteiger partial charge in [-0.3, -0.25) is 14.9 Å². The first-order chi connectivity index (χ1) is 13.7. The van der Waals surface area contributed by atoms with E-state index in [1.54, 1.807) is 11.0 Å². The van der Waals surface area contributed by atoms with Gasteiger partial charge in [-0.05, 0) is 37.1 Å². The van der Waals surface area contributed by atoms with Crippen LogP contribution in [0.25, 0.3) is 0 Å². The molecule has 0 atom stereocenters. The van der Waals surface area contributed by atoms with Crippen molar-refractivity contribution in [3.63, 3.8) is 0 Å². The predicted octanol–water partition coefficient (Wildman–Crippen LogP) is 2.85. The van der Waals surface area contributed by atoms with E-state index in [1.807, 2.05) is 0 Å². The summed E-state index contributed by atoms with van der Waals surface area (Å²) in [6.45, 7) is 0.750. The number of nitrogens with zero attached hydrogens (tertiary/aromatic N) is 2. The molecule has 2 aromatic carbocycles. The van der Waals surface area contributed by atoms with E-state index in [2.05, 4.69) is 5.32 Å². The van der Waals surface area contributed by atoms with Gasteiger partial charge in [0, 0.05) is 31.5 Å². The first-order valence-corrected chi connectivity index (χ1v) is 10.8. The number of piperidine rings is 1. The zero-order valence-corrected chi connectivity index (χ0v) is 16.5. The third kappa shape index (κ3) is 4.70. The zero-order valence-electron chi connectivity index (χ0n) is 15.7. The van der Waals surface area contributed by atoms with Gasteiger partial charge >= 0.3 is 0 Å². The normalized spacial score (nSPS) is 15.2. The highest BCUT2D eigenvalue weighted by molar-refractivity contribution is 7.90. The first-order valence-electron chi connectivity index (χ1n) is 8.95. The molecule has 0 saturated carbocycles. The second-order valence-electron chi connectivity index (χ2n) is 6.90. The number of nitro benzene ring substituents is 1. The van der Waals surface area contributed by atoms with Crippen molar-refractivity contribution in [2.45, 2.75) is 23.8 Å². The molecule has 0 spiro atoms. The summed E-state index contributed by atoms with van der Waals surface area (Å²) in [5.41, 5.74) is -0.0787. The molecule has 2 aromatic rings. The van der Waals surface area contributed by atoms with E-state index >= 15 is 0 Å². The molecule has 1 saturated heterocycles. The lowest BCUT2D eigenvalue weighted by molar-refractivity contribution is -0.384. The second-order valence-corrected chi connectivity index (χ2v) is 8.91. The van der Waals surface area contributed by atoms with E-state index in [-0.39, 0.29) is 33.8 Å². The van der Waals surface area contributed by atoms with Crippen LogP contribution in [0, 0.1) is 15.9 Å². The number of rotatable bonds is 5. The van der Waals surface area contributed by atoms with Gasteiger partial charge in [0.25, 0.3) is 11.6 Å². The van der Waals surface area contributed by atoms with Crippen LogP contribution in [0.5, 0.6) is 0 Å². The zero-order chi connectivity index (χ0) is 21.2. The molecule has 3 rings (SSSR count). The summed E-state index contributed by atoms with van der Waals surface area (Å²) in [6, 6.07) is 9.40. The standard InChI is InChI=1S/C19H20FN3O5S/c1-29(27,28)14-6-7-17(18(12-14)23(25)26)21-13-8-10-22(11-9-13)19(24)15-4-2-3-5-16(15)20/h2-7,12-13,21H,8-11H2,1H3. The molecule has 1 heterocycles. The topological polar surface area (TPSA) is 110 Å². The van der Waals surface area contributed by atoms with Crippen LogP contribution < -0.4 is 5.32 Å². The van der Waals surface area contributed by atoms with Gasteiger partial charge in [0.15, 0.2) is 9.84 Å². The minimum Gasteiger partial charge on any atom is -0.377 e. The SMILES string of the molecule is CS(=O)(=O)c1ccc(NC2CCN(C(=O)c3ccccc3F)CC2)c([N+](=O)[O-])c1. The number of carbonyl (C=O) groups is 1. The summed E-state index contributed by atoms with van der Waals surface area (Å²) in [7, 11) is -3.56. The molecule has 0 aromatic heterocycles. The Bertz CT molecular complexity index is 1050. The van der Waals surface area contributed by atoms with Gasteiger partial charge in [-0.15, -0.1) is 0 Å². The molecule has 1 amide bonds. The van der Waals surface area contributed by atoms with Crippen molar-refractivity contribution in [1.29, 1.82) is 0 Å². The fourth-order valence-electron chi connectivity index (χ4n) is 3.27. The molecule has 154 valence electrons. The Morgan fingerprint density at radius 3 is 2.45 bits per heavy atom. The number of carbonyl (C=O) groups excluding carboxylic acids is 1. The molecule has 0 radical (unpaired) electrons. The van der Waals surface area contributed by atoms with Crippen molar-refractivity contribution in [3.05, 3.63) is 64.0 Å². The minimum atomic E-state index is -3.56. The number of likely N-dealkylation sites (tertiary alicyclic amines) is 1. The van der Waals surface area contributed by atoms with Crippen LogP contribution >= 0.6 is 0 Å². The Morgan fingerprint density at radius 2 is 1.86 bits per heavy atom. The number of anilines is 1. The average Bonchev–Trinajstić information content (AvgIpc) is 2.67. The quantitative estimate of drug-likeness (QED) is 0.587. The molecule has 1 aliphatic heterocycles. The largest absolute Gasteiger partial charge is 0.377 e. The maximum absolute atomic E-state index is 13.8. The van der Waals surface area contributed by atoms with Crippen LogP contribution in [0.3, 0.4) is 0 Å². The first kappa shape index (κ1) is 20.7. The summed E-state index contributed by atoms with van der Waals surface area (Å²) in [5.74, 6) is -0.954. The van der Waals surface area contributed by atoms with Crippen LogP contribution in [0.2, 0.25) is 0 Å². The van der Waals surface area contributed by atoms with Crippen LogP contribution in [-0.2, 0) is 9.84 Å². The van der Waals surface area contributed by atoms with Crippen molar-refractivity contribution in [2.24, 2.45) is 0 Å². The van der Waals surface area contributed by atoms with Crippen LogP contribution in [-0.4, -0.2) is 49.5 Å². The summed E-state index contributed by atoms with van der Waals surface area (Å²) in [4.78, 5) is 24.6. The van der Waals surface area contributed by atoms with Crippen LogP contribution in [0.4, 0.5) is 15.8 Å². The van der Waals surface area contributed by atoms with Crippen molar-refractivity contribution in [2.75, 3.05) is 24.7 Å². The molecule has 1 fully saturated rings. The molecule has 1 N–H and O–H groups in total. The Balaban J connectivity index is 1.69. The maximum atomic E-state index is 13.8. The minimum absolute atomic E-state index is 0.0194. The lowest BCUT2D eigenvalue weighted by atomic mass is 10.0. The Labute approximate surface area is 167 Å². The molecule has 0 bridgehead atoms. The number of hydrogen-bond donors (Lipinski definition) is 1. The van der Waals surface area contributed by atoms with E-state index < -0.39 is 20.6 Å². The highest BCUT2D eigenvalue weighted by Gasteiger charge is 2.27. The lowest BCUT2D eigenvalue weighted by Gasteiger charge is -2.33. The van der Waals surface area contributed by atoms with E-state index in [1.165, 1.54) is 30.3 Å². The predicted molar refractivity (Wildman–Crippen MR) is 105 cm³/mol. The van der Waals surface area contributed by atoms with Gasteiger partial charge in [-0.25, -0.2) is 12.8 Å². The summed E-state index contributed by atoms with van der Waals surface area (Å²) >= 11 is 0. The third-order valence-electron chi connectivity index (χ3n) is 4.84. The number of sulfone groups is 1. The monoisotopic (exact) mass is 421 g/mol. The van der Waals surface area contributed by atoms with Gasteiger partial charge in [0.2, 0.25) is 0 Å². The van der Waals surface area contributed by atoms with Gasteiger partial charge < -0.3 is 10.2 Å². The van der Waals surface area contributed by atoms with Gasteiger partial charge in [-0.2, -0.15) is 0 Å². The number of hydrogen-bond acceptors (Lipinski definition) is 6. The second kappa shape index (κ2) is 8.16. The van der Waals surface area contributed by atoms with Gasteiger partial charge in [-0.1, -0.05) is 12.1 Å². The number of halogens is 1. The molecule has 8 nitrogen and oxygen atoms in total. The third-order valence-corrected chi connectivity index (χ3v) is 5.95. The molecule has 29 heavy (non-hydrogen) atoms. The maximum Gasteiger partial charge on any atom is 0.293 e. The van der Waals surface area contributed by atoms with Crippen molar-refractivity contribution in [3.8, 4) is 0 Å². The fourth-order valence-corrected chi connectivity index (χ4v) is 3.91. The van der Waals surface area contributed by atoms with Gasteiger partial charge in [0.1, 0.15) is 11.5 Å². The van der Waals surface area contributed by atoms with Crippen LogP contribution in [0.15, 0.2) is 47.4 Å². The van der Waals surface area contributed by atoms with E-state index in [4.69, 9.17) is 0 Å². The average molecular weight is 421 g/mol. The van der Waals surface area contributed by atoms with E-state index in [0.29, 0.717) is 25.9 Å². The summed E-state index contributed by atoms with van der Waals surface area (Å²) in [5, 5.41) is 14.4. The van der Waals surface area contributed by atoms with Crippen molar-refractivity contribution in [1.82, 2.24) is 4.90 Å². The Kier molecular flexibility index (Phi) is 5.83. The summed E-state index contributed by atoms with van der Waals surface area (Å²) < 4.78 is 37.1. The fraction of sp³-hybridized carbons (Fsp3) is 0.316. The van der Waals surface area contributed by atoms with Crippen molar-refractivity contribution < 1.29 is 22.5 Å². The highest BCUT2D eigenvalue weighted by atomic mass is 32.2. The number of benzene rings is 2. The smallest absolute Gasteiger partial charge is 0.293 e. The Hall–Kier alpha value is -3.01. The Morgan fingerprint density at radius 1 is 1.21 bits per heavy atom. The van der Waals surface area contributed by atoms with Crippen LogP contribution in [0.1, 0.15) is 23.2 Å². The van der Waals surface area contributed by atoms with Gasteiger partial charge in [0.05, 0.1) is 15.4 Å². The van der Waals surface area contributed by atoms with E-state index in [9.17, 15) is 27.7 Å². The highest BCUT2D eigenvalue weighted by Crippen LogP contribution is 2.29. The number of nitrogens with one attached hydrogen (secondary N) is 1. The molecule has 10 heteroatoms. The van der Waals surface area contributed by atoms with Crippen molar-refractivity contribution >= 4 is 27.1 Å². The molecule has 1 aliphatic rings. The lowest BCUT2D eigenvalue weighted by Crippen LogP contribution is -2.42. The van der Waals surface area contributed by atoms with E-state index in [0.717, 1.165) is 12.3 Å². The number of nitro groups is 1. The molecule has 0 unspecified atom stereocenters. The molecule has 0 aliphatic carbocycles. The molecular weight excluding hydrogens is 401 g/mol. The summed E-state index contributed by atoms with van der Waals surface area (Å²) in [6.07, 6.45) is 2.03.